The van der Waals surface area contributed by atoms with Gasteiger partial charge in [0, 0.05) is 12.2 Å². The molecule has 0 spiro atoms. The van der Waals surface area contributed by atoms with E-state index in [1.54, 1.807) is 0 Å². The van der Waals surface area contributed by atoms with Crippen molar-refractivity contribution < 1.29 is 4.84 Å². The van der Waals surface area contributed by atoms with Crippen molar-refractivity contribution in [3.63, 3.8) is 0 Å². The lowest BCUT2D eigenvalue weighted by Gasteiger charge is -2.09. The summed E-state index contributed by atoms with van der Waals surface area (Å²) < 4.78 is 2.24. The molecule has 4 heteroatoms. The number of hydroxylamine groups is 1. The lowest BCUT2D eigenvalue weighted by molar-refractivity contribution is 0.0185. The van der Waals surface area contributed by atoms with Crippen molar-refractivity contribution in [2.75, 3.05) is 6.61 Å². The van der Waals surface area contributed by atoms with Crippen LogP contribution in [0.25, 0.3) is 0 Å². The van der Waals surface area contributed by atoms with E-state index in [9.17, 15) is 0 Å². The summed E-state index contributed by atoms with van der Waals surface area (Å²) in [4.78, 5) is 9.50. The highest BCUT2D eigenvalue weighted by Crippen LogP contribution is 2.35. The third-order valence-corrected chi connectivity index (χ3v) is 2.46. The first-order valence-corrected chi connectivity index (χ1v) is 5.62. The lowest BCUT2D eigenvalue weighted by atomic mass is 10.2. The van der Waals surface area contributed by atoms with Crippen LogP contribution in [0.3, 0.4) is 0 Å². The smallest absolute Gasteiger partial charge is 0.0951 e. The zero-order valence-electron chi connectivity index (χ0n) is 9.44. The summed E-state index contributed by atoms with van der Waals surface area (Å²) in [6.45, 7) is 5.76. The van der Waals surface area contributed by atoms with Crippen LogP contribution in [0.4, 0.5) is 0 Å². The van der Waals surface area contributed by atoms with Gasteiger partial charge in [0.05, 0.1) is 25.2 Å². The van der Waals surface area contributed by atoms with Gasteiger partial charge in [-0.15, -0.1) is 0 Å². The van der Waals surface area contributed by atoms with Gasteiger partial charge >= 0.3 is 0 Å². The second kappa shape index (κ2) is 4.77. The molecule has 0 aromatic carbocycles. The molecule has 0 aliphatic heterocycles. The fourth-order valence-electron chi connectivity index (χ4n) is 1.50. The third kappa shape index (κ3) is 3.04. The Hall–Kier alpha value is -0.870. The van der Waals surface area contributed by atoms with Gasteiger partial charge in [0.15, 0.2) is 0 Å². The molecule has 0 bridgehead atoms. The Bertz CT molecular complexity index is 305. The Morgan fingerprint density at radius 1 is 1.60 bits per heavy atom. The van der Waals surface area contributed by atoms with E-state index in [0.717, 1.165) is 13.2 Å². The van der Waals surface area contributed by atoms with Crippen molar-refractivity contribution in [3.05, 3.63) is 18.2 Å². The van der Waals surface area contributed by atoms with Gasteiger partial charge in [-0.05, 0) is 18.8 Å². The van der Waals surface area contributed by atoms with Crippen molar-refractivity contribution in [1.29, 1.82) is 0 Å². The molecule has 0 saturated heterocycles. The number of aromatic nitrogens is 2. The summed E-state index contributed by atoms with van der Waals surface area (Å²) in [6.07, 6.45) is 6.40. The minimum absolute atomic E-state index is 0.561. The lowest BCUT2D eigenvalue weighted by Crippen LogP contribution is -2.19. The van der Waals surface area contributed by atoms with Crippen LogP contribution in [0.2, 0.25) is 0 Å². The number of nitrogens with zero attached hydrogens (tertiary/aromatic N) is 2. The van der Waals surface area contributed by atoms with E-state index in [0.29, 0.717) is 12.0 Å². The molecule has 0 amide bonds. The van der Waals surface area contributed by atoms with Gasteiger partial charge in [-0.1, -0.05) is 13.8 Å². The summed E-state index contributed by atoms with van der Waals surface area (Å²) in [6, 6.07) is 0.689. The van der Waals surface area contributed by atoms with E-state index in [1.807, 2.05) is 12.5 Å². The van der Waals surface area contributed by atoms with Gasteiger partial charge in [-0.2, -0.15) is 5.48 Å². The Labute approximate surface area is 90.6 Å². The number of rotatable bonds is 6. The maximum Gasteiger partial charge on any atom is 0.0951 e. The highest BCUT2D eigenvalue weighted by Gasteiger charge is 2.24. The predicted molar refractivity (Wildman–Crippen MR) is 58.1 cm³/mol. The van der Waals surface area contributed by atoms with Crippen LogP contribution in [0.5, 0.6) is 0 Å². The molecule has 1 aromatic heterocycles. The zero-order valence-corrected chi connectivity index (χ0v) is 9.44. The van der Waals surface area contributed by atoms with E-state index >= 15 is 0 Å². The van der Waals surface area contributed by atoms with Crippen molar-refractivity contribution in [2.45, 2.75) is 39.3 Å². The molecular weight excluding hydrogens is 190 g/mol. The molecule has 4 nitrogen and oxygen atoms in total. The fourth-order valence-corrected chi connectivity index (χ4v) is 1.50. The number of hydrogen-bond donors (Lipinski definition) is 1. The Morgan fingerprint density at radius 2 is 2.40 bits per heavy atom. The molecule has 0 radical (unpaired) electrons. The molecule has 15 heavy (non-hydrogen) atoms. The van der Waals surface area contributed by atoms with Crippen LogP contribution in [0.1, 0.15) is 38.4 Å². The minimum Gasteiger partial charge on any atom is -0.330 e. The molecule has 1 heterocycles. The topological polar surface area (TPSA) is 39.1 Å². The SMILES string of the molecule is CC(C)CONCc1cncn1C1CC1. The maximum atomic E-state index is 5.33. The molecule has 1 fully saturated rings. The fraction of sp³-hybridized carbons (Fsp3) is 0.727. The van der Waals surface area contributed by atoms with Crippen molar-refractivity contribution in [1.82, 2.24) is 15.0 Å². The summed E-state index contributed by atoms with van der Waals surface area (Å²) in [5.41, 5.74) is 4.19. The average molecular weight is 209 g/mol. The summed E-state index contributed by atoms with van der Waals surface area (Å²) >= 11 is 0. The van der Waals surface area contributed by atoms with Crippen LogP contribution in [-0.2, 0) is 11.4 Å². The average Bonchev–Trinajstić information content (AvgIpc) is 2.93. The number of imidazole rings is 1. The minimum atomic E-state index is 0.561. The molecular formula is C11H19N3O. The van der Waals surface area contributed by atoms with E-state index in [4.69, 9.17) is 4.84 Å². The van der Waals surface area contributed by atoms with E-state index < -0.39 is 0 Å². The Kier molecular flexibility index (Phi) is 3.38. The van der Waals surface area contributed by atoms with Crippen LogP contribution in [-0.4, -0.2) is 16.2 Å². The van der Waals surface area contributed by atoms with Crippen LogP contribution >= 0.6 is 0 Å². The van der Waals surface area contributed by atoms with Crippen LogP contribution < -0.4 is 5.48 Å². The number of nitrogens with one attached hydrogen (secondary N) is 1. The monoisotopic (exact) mass is 209 g/mol. The maximum absolute atomic E-state index is 5.33. The summed E-state index contributed by atoms with van der Waals surface area (Å²) in [5.74, 6) is 0.561. The highest BCUT2D eigenvalue weighted by atomic mass is 16.6. The van der Waals surface area contributed by atoms with Gasteiger partial charge in [0.1, 0.15) is 0 Å². The van der Waals surface area contributed by atoms with Crippen molar-refractivity contribution >= 4 is 0 Å². The molecule has 2 rings (SSSR count). The quantitative estimate of drug-likeness (QED) is 0.574. The Balaban J connectivity index is 1.75. The van der Waals surface area contributed by atoms with Gasteiger partial charge in [-0.3, -0.25) is 0 Å². The van der Waals surface area contributed by atoms with E-state index in [2.05, 4.69) is 28.9 Å². The first-order valence-electron chi connectivity index (χ1n) is 5.62. The standard InChI is InChI=1S/C11H19N3O/c1-9(2)7-15-13-6-11-5-12-8-14(11)10-3-4-10/h5,8-10,13H,3-4,6-7H2,1-2H3. The second-order valence-electron chi connectivity index (χ2n) is 4.55. The van der Waals surface area contributed by atoms with Gasteiger partial charge in [-0.25, -0.2) is 4.98 Å². The van der Waals surface area contributed by atoms with Crippen molar-refractivity contribution in [2.24, 2.45) is 5.92 Å². The molecule has 0 unspecified atom stereocenters. The second-order valence-corrected chi connectivity index (χ2v) is 4.55. The normalized spacial score (nSPS) is 16.2. The predicted octanol–water partition coefficient (Wildman–Crippen LogP) is 1.90. The molecule has 1 aliphatic rings. The first-order chi connectivity index (χ1) is 7.27. The third-order valence-electron chi connectivity index (χ3n) is 2.46. The Morgan fingerprint density at radius 3 is 3.07 bits per heavy atom. The van der Waals surface area contributed by atoms with E-state index in [1.165, 1.54) is 18.5 Å². The first kappa shape index (κ1) is 10.6. The van der Waals surface area contributed by atoms with Crippen molar-refractivity contribution in [3.8, 4) is 0 Å². The highest BCUT2D eigenvalue weighted by molar-refractivity contribution is 5.02. The molecule has 1 saturated carbocycles. The molecule has 1 aliphatic carbocycles. The number of hydrogen-bond acceptors (Lipinski definition) is 3. The van der Waals surface area contributed by atoms with Gasteiger partial charge in [0.25, 0.3) is 0 Å². The van der Waals surface area contributed by atoms with Crippen LogP contribution in [0, 0.1) is 5.92 Å². The summed E-state index contributed by atoms with van der Waals surface area (Å²) in [5, 5.41) is 0. The van der Waals surface area contributed by atoms with E-state index in [-0.39, 0.29) is 0 Å². The zero-order chi connectivity index (χ0) is 10.7. The molecule has 0 atom stereocenters. The van der Waals surface area contributed by atoms with Crippen LogP contribution in [0.15, 0.2) is 12.5 Å². The summed E-state index contributed by atoms with van der Waals surface area (Å²) in [7, 11) is 0. The molecule has 84 valence electrons. The van der Waals surface area contributed by atoms with Gasteiger partial charge < -0.3 is 9.40 Å². The largest absolute Gasteiger partial charge is 0.330 e. The molecule has 1 aromatic rings. The van der Waals surface area contributed by atoms with Gasteiger partial charge in [0.2, 0.25) is 0 Å². The molecule has 1 N–H and O–H groups in total.